The summed E-state index contributed by atoms with van der Waals surface area (Å²) in [6.45, 7) is -0.731. The number of anilines is 1. The zero-order valence-corrected chi connectivity index (χ0v) is 15.5. The number of alkyl halides is 3. The van der Waals surface area contributed by atoms with Crippen LogP contribution in [0.3, 0.4) is 0 Å². The first-order chi connectivity index (χ1) is 13.1. The first-order valence-electron chi connectivity index (χ1n) is 8.57. The molecule has 1 fully saturated rings. The molecular weight excluding hydrogens is 385 g/mol. The number of aliphatic imine (C=N–C) groups is 1. The number of amides is 1. The molecule has 2 N–H and O–H groups in total. The number of nitrogens with zero attached hydrogens (tertiary/aromatic N) is 3. The highest BCUT2D eigenvalue weighted by Crippen LogP contribution is 2.24. The number of carbonyl (C=O) groups is 1. The van der Waals surface area contributed by atoms with Crippen LogP contribution in [0.4, 0.5) is 27.6 Å². The average molecular weight is 407 g/mol. The molecule has 0 radical (unpaired) electrons. The van der Waals surface area contributed by atoms with Crippen molar-refractivity contribution in [3.8, 4) is 0 Å². The van der Waals surface area contributed by atoms with E-state index in [1.54, 1.807) is 4.90 Å². The van der Waals surface area contributed by atoms with E-state index in [2.05, 4.69) is 15.6 Å². The van der Waals surface area contributed by atoms with Crippen LogP contribution < -0.4 is 15.5 Å². The van der Waals surface area contributed by atoms with Crippen molar-refractivity contribution in [1.82, 2.24) is 15.5 Å². The van der Waals surface area contributed by atoms with E-state index in [4.69, 9.17) is 0 Å². The van der Waals surface area contributed by atoms with Crippen LogP contribution in [0.2, 0.25) is 0 Å². The molecule has 156 valence electrons. The average Bonchev–Trinajstić information content (AvgIpc) is 3.04. The van der Waals surface area contributed by atoms with Gasteiger partial charge in [0.25, 0.3) is 0 Å². The molecule has 1 aromatic carbocycles. The first-order valence-corrected chi connectivity index (χ1v) is 8.57. The normalized spacial score (nSPS) is 17.6. The lowest BCUT2D eigenvalue weighted by Crippen LogP contribution is -2.48. The summed E-state index contributed by atoms with van der Waals surface area (Å²) in [7, 11) is 2.53. The Bertz CT molecular complexity index is 724. The van der Waals surface area contributed by atoms with Crippen LogP contribution in [0.5, 0.6) is 0 Å². The van der Waals surface area contributed by atoms with Crippen LogP contribution in [-0.2, 0) is 4.79 Å². The van der Waals surface area contributed by atoms with Gasteiger partial charge in [-0.2, -0.15) is 13.2 Å². The molecule has 2 rings (SSSR count). The van der Waals surface area contributed by atoms with Gasteiger partial charge in [0, 0.05) is 39.3 Å². The van der Waals surface area contributed by atoms with E-state index < -0.39 is 30.3 Å². The number of rotatable bonds is 5. The van der Waals surface area contributed by atoms with E-state index in [0.29, 0.717) is 24.4 Å². The Balaban J connectivity index is 1.84. The quantitative estimate of drug-likeness (QED) is 0.444. The first kappa shape index (κ1) is 21.7. The number of hydrogen-bond acceptors (Lipinski definition) is 3. The number of carbonyl (C=O) groups excluding carboxylic acids is 1. The van der Waals surface area contributed by atoms with Crippen molar-refractivity contribution >= 4 is 17.6 Å². The number of hydrogen-bond donors (Lipinski definition) is 2. The zero-order chi connectivity index (χ0) is 20.9. The molecule has 6 nitrogen and oxygen atoms in total. The topological polar surface area (TPSA) is 60.0 Å². The molecule has 1 aromatic rings. The fourth-order valence-electron chi connectivity index (χ4n) is 2.87. The fraction of sp³-hybridized carbons (Fsp3) is 0.529. The maximum Gasteiger partial charge on any atom is 0.406 e. The lowest BCUT2D eigenvalue weighted by atomic mass is 10.2. The summed E-state index contributed by atoms with van der Waals surface area (Å²) < 4.78 is 63.9. The van der Waals surface area contributed by atoms with Gasteiger partial charge < -0.3 is 20.4 Å². The van der Waals surface area contributed by atoms with E-state index >= 15 is 0 Å². The Kier molecular flexibility index (Phi) is 7.03. The van der Waals surface area contributed by atoms with Gasteiger partial charge in [0.2, 0.25) is 5.91 Å². The van der Waals surface area contributed by atoms with Gasteiger partial charge in [0.15, 0.2) is 5.96 Å². The van der Waals surface area contributed by atoms with Crippen molar-refractivity contribution in [2.75, 3.05) is 45.2 Å². The maximum atomic E-state index is 13.9. The summed E-state index contributed by atoms with van der Waals surface area (Å²) in [5, 5.41) is 5.72. The lowest BCUT2D eigenvalue weighted by molar-refractivity contribution is -0.157. The highest BCUT2D eigenvalue weighted by atomic mass is 19.4. The maximum absolute atomic E-state index is 13.9. The van der Waals surface area contributed by atoms with Crippen molar-refractivity contribution in [2.24, 2.45) is 4.99 Å². The van der Waals surface area contributed by atoms with E-state index in [-0.39, 0.29) is 24.2 Å². The second-order valence-electron chi connectivity index (χ2n) is 6.46. The summed E-state index contributed by atoms with van der Waals surface area (Å²) in [5.74, 6) is -1.79. The summed E-state index contributed by atoms with van der Waals surface area (Å²) in [6.07, 6.45) is -3.83. The standard InChI is InChI=1S/C17H22F5N5O/c1-23-16(24-8-15(28)26(2)10-17(20,21)22)25-12-5-6-27(9-12)14-4-3-11(18)7-13(14)19/h3-4,7,12H,5-6,8-10H2,1-2H3,(H2,23,24,25). The fourth-order valence-corrected chi connectivity index (χ4v) is 2.87. The Morgan fingerprint density at radius 3 is 2.68 bits per heavy atom. The minimum Gasteiger partial charge on any atom is -0.367 e. The molecule has 0 saturated carbocycles. The third kappa shape index (κ3) is 6.24. The summed E-state index contributed by atoms with van der Waals surface area (Å²) in [5.41, 5.74) is 0.289. The van der Waals surface area contributed by atoms with Crippen LogP contribution in [-0.4, -0.2) is 69.3 Å². The van der Waals surface area contributed by atoms with E-state index in [9.17, 15) is 26.7 Å². The second-order valence-corrected chi connectivity index (χ2v) is 6.46. The predicted molar refractivity (Wildman–Crippen MR) is 95.2 cm³/mol. The number of halogens is 5. The molecule has 0 spiro atoms. The second kappa shape index (κ2) is 9.07. The van der Waals surface area contributed by atoms with Gasteiger partial charge in [0.05, 0.1) is 12.2 Å². The number of guanidine groups is 1. The minimum absolute atomic E-state index is 0.126. The third-order valence-corrected chi connectivity index (χ3v) is 4.25. The number of likely N-dealkylation sites (N-methyl/N-ethyl adjacent to an activating group) is 1. The smallest absolute Gasteiger partial charge is 0.367 e. The largest absolute Gasteiger partial charge is 0.406 e. The molecular formula is C17H22F5N5O. The molecule has 1 unspecified atom stereocenters. The van der Waals surface area contributed by atoms with Crippen LogP contribution in [0, 0.1) is 11.6 Å². The molecule has 1 saturated heterocycles. The molecule has 1 amide bonds. The minimum atomic E-state index is -4.47. The third-order valence-electron chi connectivity index (χ3n) is 4.25. The SMILES string of the molecule is CN=C(NCC(=O)N(C)CC(F)(F)F)NC1CCN(c2ccc(F)cc2F)C1. The van der Waals surface area contributed by atoms with E-state index in [1.807, 2.05) is 0 Å². The lowest BCUT2D eigenvalue weighted by Gasteiger charge is -2.22. The molecule has 1 atom stereocenters. The molecule has 28 heavy (non-hydrogen) atoms. The molecule has 0 aromatic heterocycles. The van der Waals surface area contributed by atoms with Crippen molar-refractivity contribution < 1.29 is 26.7 Å². The molecule has 1 aliphatic heterocycles. The van der Waals surface area contributed by atoms with Gasteiger partial charge in [-0.25, -0.2) is 8.78 Å². The summed E-state index contributed by atoms with van der Waals surface area (Å²) in [4.78, 5) is 18.1. The molecule has 11 heteroatoms. The van der Waals surface area contributed by atoms with Crippen molar-refractivity contribution in [2.45, 2.75) is 18.6 Å². The summed E-state index contributed by atoms with van der Waals surface area (Å²) in [6, 6.07) is 3.25. The van der Waals surface area contributed by atoms with Crippen molar-refractivity contribution in [3.05, 3.63) is 29.8 Å². The van der Waals surface area contributed by atoms with E-state index in [1.165, 1.54) is 19.2 Å². The predicted octanol–water partition coefficient (Wildman–Crippen LogP) is 1.73. The highest BCUT2D eigenvalue weighted by molar-refractivity contribution is 5.86. The van der Waals surface area contributed by atoms with Crippen LogP contribution in [0.15, 0.2) is 23.2 Å². The number of benzene rings is 1. The van der Waals surface area contributed by atoms with Gasteiger partial charge >= 0.3 is 6.18 Å². The molecule has 0 bridgehead atoms. The van der Waals surface area contributed by atoms with Gasteiger partial charge in [0.1, 0.15) is 18.2 Å². The summed E-state index contributed by atoms with van der Waals surface area (Å²) >= 11 is 0. The van der Waals surface area contributed by atoms with Crippen molar-refractivity contribution in [1.29, 1.82) is 0 Å². The van der Waals surface area contributed by atoms with Gasteiger partial charge in [-0.3, -0.25) is 9.79 Å². The number of nitrogens with one attached hydrogen (secondary N) is 2. The van der Waals surface area contributed by atoms with Crippen LogP contribution >= 0.6 is 0 Å². The highest BCUT2D eigenvalue weighted by Gasteiger charge is 2.31. The Labute approximate surface area is 159 Å². The molecule has 1 aliphatic rings. The Hall–Kier alpha value is -2.59. The Morgan fingerprint density at radius 1 is 1.36 bits per heavy atom. The van der Waals surface area contributed by atoms with Crippen LogP contribution in [0.25, 0.3) is 0 Å². The Morgan fingerprint density at radius 2 is 2.07 bits per heavy atom. The van der Waals surface area contributed by atoms with Gasteiger partial charge in [-0.15, -0.1) is 0 Å². The molecule has 1 heterocycles. The van der Waals surface area contributed by atoms with Gasteiger partial charge in [-0.1, -0.05) is 0 Å². The van der Waals surface area contributed by atoms with Crippen molar-refractivity contribution in [3.63, 3.8) is 0 Å². The van der Waals surface area contributed by atoms with Crippen LogP contribution in [0.1, 0.15) is 6.42 Å². The molecule has 0 aliphatic carbocycles. The monoisotopic (exact) mass is 407 g/mol. The zero-order valence-electron chi connectivity index (χ0n) is 15.5. The van der Waals surface area contributed by atoms with E-state index in [0.717, 1.165) is 13.1 Å². The van der Waals surface area contributed by atoms with Gasteiger partial charge in [-0.05, 0) is 18.6 Å².